The van der Waals surface area contributed by atoms with Crippen molar-refractivity contribution >= 4 is 21.4 Å². The van der Waals surface area contributed by atoms with Gasteiger partial charge in [-0.2, -0.15) is 0 Å². The Morgan fingerprint density at radius 1 is 1.03 bits per heavy atom. The molecule has 170 valence electrons. The van der Waals surface area contributed by atoms with E-state index in [4.69, 9.17) is 9.15 Å². The fourth-order valence-corrected chi connectivity index (χ4v) is 5.16. The summed E-state index contributed by atoms with van der Waals surface area (Å²) in [5, 5.41) is 3.51. The topological polar surface area (TPSA) is 83.8 Å². The lowest BCUT2D eigenvalue weighted by Crippen LogP contribution is -2.54. The van der Waals surface area contributed by atoms with Crippen molar-refractivity contribution in [3.63, 3.8) is 0 Å². The fraction of sp³-hybridized carbons (Fsp3) is 0.333. The minimum absolute atomic E-state index is 0.168. The van der Waals surface area contributed by atoms with E-state index in [-0.39, 0.29) is 4.90 Å². The smallest absolute Gasteiger partial charge is 0.262 e. The summed E-state index contributed by atoms with van der Waals surface area (Å²) in [5.74, 6) is 1.98. The van der Waals surface area contributed by atoms with Gasteiger partial charge in [0.1, 0.15) is 17.3 Å². The molecule has 4 rings (SSSR count). The molecule has 0 bridgehead atoms. The van der Waals surface area contributed by atoms with E-state index in [1.807, 2.05) is 31.2 Å². The first kappa shape index (κ1) is 22.2. The number of furan rings is 1. The van der Waals surface area contributed by atoms with Crippen molar-refractivity contribution in [2.45, 2.75) is 37.8 Å². The summed E-state index contributed by atoms with van der Waals surface area (Å²) in [7, 11) is -2.27. The standard InChI is InChI=1S/C24H29N3O4S/c1-16-14-27(15-17(2)25-16)20-8-12-24(30-4)22(13-20)26-32(28,29)21-9-6-19(7-10-21)23-11-5-18(3)31-23/h5-13,16-17,25-26H,14-15H2,1-4H3/t16-,17+. The number of hydrogen-bond acceptors (Lipinski definition) is 6. The molecule has 2 N–H and O–H groups in total. The van der Waals surface area contributed by atoms with Crippen LogP contribution in [0.25, 0.3) is 11.3 Å². The lowest BCUT2D eigenvalue weighted by Gasteiger charge is -2.38. The summed E-state index contributed by atoms with van der Waals surface area (Å²) in [6.45, 7) is 7.84. The van der Waals surface area contributed by atoms with Crippen LogP contribution < -0.4 is 19.7 Å². The lowest BCUT2D eigenvalue weighted by molar-refractivity contribution is 0.406. The van der Waals surface area contributed by atoms with Crippen LogP contribution in [-0.4, -0.2) is 40.7 Å². The first-order valence-electron chi connectivity index (χ1n) is 10.6. The number of anilines is 2. The van der Waals surface area contributed by atoms with Crippen LogP contribution in [0.1, 0.15) is 19.6 Å². The predicted molar refractivity (Wildman–Crippen MR) is 127 cm³/mol. The highest BCUT2D eigenvalue weighted by atomic mass is 32.2. The highest BCUT2D eigenvalue weighted by Gasteiger charge is 2.23. The Morgan fingerprint density at radius 2 is 1.72 bits per heavy atom. The third-order valence-corrected chi connectivity index (χ3v) is 6.92. The predicted octanol–water partition coefficient (Wildman–Crippen LogP) is 4.25. The van der Waals surface area contributed by atoms with E-state index in [9.17, 15) is 8.42 Å². The SMILES string of the molecule is COc1ccc(N2C[C@@H](C)N[C@@H](C)C2)cc1NS(=O)(=O)c1ccc(-c2ccc(C)o2)cc1. The highest BCUT2D eigenvalue weighted by molar-refractivity contribution is 7.92. The quantitative estimate of drug-likeness (QED) is 0.578. The number of aryl methyl sites for hydroxylation is 1. The third-order valence-electron chi connectivity index (χ3n) is 5.54. The molecule has 2 heterocycles. The van der Waals surface area contributed by atoms with Crippen LogP contribution in [0.4, 0.5) is 11.4 Å². The maximum absolute atomic E-state index is 13.1. The molecule has 1 fully saturated rings. The first-order valence-corrected chi connectivity index (χ1v) is 12.1. The number of methoxy groups -OCH3 is 1. The van der Waals surface area contributed by atoms with Crippen molar-refractivity contribution in [2.24, 2.45) is 0 Å². The van der Waals surface area contributed by atoms with Gasteiger partial charge < -0.3 is 19.4 Å². The van der Waals surface area contributed by atoms with Crippen molar-refractivity contribution in [3.8, 4) is 17.1 Å². The monoisotopic (exact) mass is 455 g/mol. The number of hydrogen-bond donors (Lipinski definition) is 2. The number of rotatable bonds is 6. The van der Waals surface area contributed by atoms with E-state index >= 15 is 0 Å². The van der Waals surface area contributed by atoms with Gasteiger partial charge in [-0.15, -0.1) is 0 Å². The summed E-state index contributed by atoms with van der Waals surface area (Å²) in [4.78, 5) is 2.42. The molecule has 1 aliphatic rings. The maximum atomic E-state index is 13.1. The van der Waals surface area contributed by atoms with Crippen LogP contribution in [0, 0.1) is 6.92 Å². The van der Waals surface area contributed by atoms with Crippen LogP contribution in [0.2, 0.25) is 0 Å². The molecule has 0 saturated carbocycles. The van der Waals surface area contributed by atoms with Crippen LogP contribution in [0.15, 0.2) is 63.9 Å². The number of benzene rings is 2. The van der Waals surface area contributed by atoms with E-state index in [2.05, 4.69) is 28.8 Å². The second-order valence-corrected chi connectivity index (χ2v) is 9.98. The molecule has 32 heavy (non-hydrogen) atoms. The molecule has 7 nitrogen and oxygen atoms in total. The van der Waals surface area contributed by atoms with Crippen LogP contribution in [-0.2, 0) is 10.0 Å². The molecule has 1 saturated heterocycles. The van der Waals surface area contributed by atoms with Gasteiger partial charge in [0.25, 0.3) is 10.0 Å². The molecule has 0 aliphatic carbocycles. The molecule has 2 atom stereocenters. The average Bonchev–Trinajstić information content (AvgIpc) is 3.19. The van der Waals surface area contributed by atoms with Gasteiger partial charge in [-0.3, -0.25) is 4.72 Å². The number of ether oxygens (including phenoxy) is 1. The molecule has 3 aromatic rings. The van der Waals surface area contributed by atoms with Gasteiger partial charge in [-0.1, -0.05) is 0 Å². The first-order chi connectivity index (χ1) is 15.2. The Labute approximate surface area is 189 Å². The van der Waals surface area contributed by atoms with E-state index < -0.39 is 10.0 Å². The minimum atomic E-state index is -3.80. The van der Waals surface area contributed by atoms with Crippen molar-refractivity contribution in [1.29, 1.82) is 0 Å². The molecule has 0 unspecified atom stereocenters. The largest absolute Gasteiger partial charge is 0.495 e. The van der Waals surface area contributed by atoms with Crippen LogP contribution in [0.3, 0.4) is 0 Å². The van der Waals surface area contributed by atoms with E-state index in [0.29, 0.717) is 29.3 Å². The van der Waals surface area contributed by atoms with Gasteiger partial charge in [0.05, 0.1) is 17.7 Å². The maximum Gasteiger partial charge on any atom is 0.262 e. The third kappa shape index (κ3) is 4.76. The molecule has 0 amide bonds. The minimum Gasteiger partial charge on any atom is -0.495 e. The summed E-state index contributed by atoms with van der Waals surface area (Å²) in [6.07, 6.45) is 0. The van der Waals surface area contributed by atoms with Crippen molar-refractivity contribution in [2.75, 3.05) is 29.8 Å². The number of piperazine rings is 1. The fourth-order valence-electron chi connectivity index (χ4n) is 4.10. The van der Waals surface area contributed by atoms with E-state index in [1.54, 1.807) is 30.3 Å². The molecule has 1 aromatic heterocycles. The Bertz CT molecular complexity index is 1180. The van der Waals surface area contributed by atoms with Gasteiger partial charge in [-0.25, -0.2) is 8.42 Å². The summed E-state index contributed by atoms with van der Waals surface area (Å²) < 4.78 is 39.9. The average molecular weight is 456 g/mol. The van der Waals surface area contributed by atoms with Crippen molar-refractivity contribution in [3.05, 3.63) is 60.4 Å². The molecule has 0 spiro atoms. The van der Waals surface area contributed by atoms with Gasteiger partial charge in [-0.05, 0) is 75.4 Å². The molecule has 8 heteroatoms. The highest BCUT2D eigenvalue weighted by Crippen LogP contribution is 2.32. The zero-order chi connectivity index (χ0) is 22.9. The van der Waals surface area contributed by atoms with E-state index in [0.717, 1.165) is 30.1 Å². The number of sulfonamides is 1. The number of nitrogens with zero attached hydrogens (tertiary/aromatic N) is 1. The molecular weight excluding hydrogens is 426 g/mol. The zero-order valence-corrected chi connectivity index (χ0v) is 19.6. The Hall–Kier alpha value is -2.97. The Kier molecular flexibility index (Phi) is 6.17. The van der Waals surface area contributed by atoms with Gasteiger partial charge in [0, 0.05) is 36.4 Å². The number of nitrogens with one attached hydrogen (secondary N) is 2. The molecule has 0 radical (unpaired) electrons. The van der Waals surface area contributed by atoms with Gasteiger partial charge in [0.2, 0.25) is 0 Å². The normalized spacial score (nSPS) is 19.1. The van der Waals surface area contributed by atoms with Crippen LogP contribution in [0.5, 0.6) is 5.75 Å². The lowest BCUT2D eigenvalue weighted by atomic mass is 10.1. The van der Waals surface area contributed by atoms with Gasteiger partial charge in [0.15, 0.2) is 0 Å². The van der Waals surface area contributed by atoms with E-state index in [1.165, 1.54) is 7.11 Å². The van der Waals surface area contributed by atoms with Crippen molar-refractivity contribution in [1.82, 2.24) is 5.32 Å². The summed E-state index contributed by atoms with van der Waals surface area (Å²) in [5.41, 5.74) is 2.18. The van der Waals surface area contributed by atoms with Gasteiger partial charge >= 0.3 is 0 Å². The molecular formula is C24H29N3O4S. The van der Waals surface area contributed by atoms with Crippen LogP contribution >= 0.6 is 0 Å². The summed E-state index contributed by atoms with van der Waals surface area (Å²) in [6, 6.07) is 16.7. The molecule has 2 aromatic carbocycles. The Morgan fingerprint density at radius 3 is 2.31 bits per heavy atom. The Balaban J connectivity index is 1.59. The second kappa shape index (κ2) is 8.88. The molecule has 1 aliphatic heterocycles. The second-order valence-electron chi connectivity index (χ2n) is 8.30. The zero-order valence-electron chi connectivity index (χ0n) is 18.8. The summed E-state index contributed by atoms with van der Waals surface area (Å²) >= 11 is 0. The van der Waals surface area contributed by atoms with Crippen molar-refractivity contribution < 1.29 is 17.6 Å².